The van der Waals surface area contributed by atoms with E-state index >= 15 is 0 Å². The lowest BCUT2D eigenvalue weighted by molar-refractivity contribution is -0.123. The normalized spacial score (nSPS) is 21.7. The van der Waals surface area contributed by atoms with Crippen LogP contribution in [0.25, 0.3) is 0 Å². The van der Waals surface area contributed by atoms with Crippen LogP contribution in [0, 0.1) is 5.82 Å². The molecule has 0 radical (unpaired) electrons. The van der Waals surface area contributed by atoms with Gasteiger partial charge in [0.25, 0.3) is 11.8 Å². The number of hydrogen-bond acceptors (Lipinski definition) is 5. The molecule has 9 heteroatoms. The minimum Gasteiger partial charge on any atom is -0.271 e. The van der Waals surface area contributed by atoms with Crippen LogP contribution in [0.4, 0.5) is 10.1 Å². The van der Waals surface area contributed by atoms with E-state index in [-0.39, 0.29) is 11.6 Å². The molecule has 0 spiro atoms. The van der Waals surface area contributed by atoms with Crippen molar-refractivity contribution in [3.63, 3.8) is 0 Å². The van der Waals surface area contributed by atoms with E-state index in [2.05, 4.69) is 10.3 Å². The zero-order chi connectivity index (χ0) is 18.4. The number of benzene rings is 2. The molecule has 1 saturated heterocycles. The zero-order valence-corrected chi connectivity index (χ0v) is 14.7. The molecule has 26 heavy (non-hydrogen) atoms. The third-order valence-corrected chi connectivity index (χ3v) is 4.89. The SMILES string of the molecule is O=C1[C@@H]2[C@@H](N=NN2Cc2ccc(F)cc2Cl)C(=O)N1c1ccc(Cl)cc1. The van der Waals surface area contributed by atoms with Crippen LogP contribution in [0.3, 0.4) is 0 Å². The summed E-state index contributed by atoms with van der Waals surface area (Å²) in [6.07, 6.45) is 0. The highest BCUT2D eigenvalue weighted by Crippen LogP contribution is 2.33. The number of imide groups is 1. The van der Waals surface area contributed by atoms with Gasteiger partial charge in [-0.3, -0.25) is 14.6 Å². The monoisotopic (exact) mass is 392 g/mol. The van der Waals surface area contributed by atoms with Crippen LogP contribution in [-0.2, 0) is 16.1 Å². The van der Waals surface area contributed by atoms with Crippen molar-refractivity contribution in [3.8, 4) is 0 Å². The molecule has 0 aromatic heterocycles. The summed E-state index contributed by atoms with van der Waals surface area (Å²) in [7, 11) is 0. The van der Waals surface area contributed by atoms with Crippen molar-refractivity contribution in [2.24, 2.45) is 10.3 Å². The Morgan fingerprint density at radius 1 is 1.04 bits per heavy atom. The van der Waals surface area contributed by atoms with Gasteiger partial charge in [0, 0.05) is 10.0 Å². The van der Waals surface area contributed by atoms with Crippen molar-refractivity contribution in [2.45, 2.75) is 18.6 Å². The molecule has 0 N–H and O–H groups in total. The van der Waals surface area contributed by atoms with E-state index in [0.717, 1.165) is 4.90 Å². The molecule has 1 fully saturated rings. The maximum atomic E-state index is 13.2. The van der Waals surface area contributed by atoms with Crippen LogP contribution < -0.4 is 4.90 Å². The second-order valence-electron chi connectivity index (χ2n) is 5.92. The Labute approximate surface area is 157 Å². The predicted octanol–water partition coefficient (Wildman–Crippen LogP) is 3.63. The summed E-state index contributed by atoms with van der Waals surface area (Å²) in [4.78, 5) is 26.5. The molecule has 0 saturated carbocycles. The average Bonchev–Trinajstić information content (AvgIpc) is 3.12. The highest BCUT2D eigenvalue weighted by molar-refractivity contribution is 6.31. The Kier molecular flexibility index (Phi) is 4.13. The van der Waals surface area contributed by atoms with E-state index in [0.29, 0.717) is 16.3 Å². The molecule has 2 atom stereocenters. The van der Waals surface area contributed by atoms with Crippen LogP contribution in [0.1, 0.15) is 5.56 Å². The lowest BCUT2D eigenvalue weighted by Crippen LogP contribution is -2.39. The minimum atomic E-state index is -0.905. The van der Waals surface area contributed by atoms with Gasteiger partial charge >= 0.3 is 0 Å². The number of anilines is 1. The third kappa shape index (κ3) is 2.73. The highest BCUT2D eigenvalue weighted by atomic mass is 35.5. The second-order valence-corrected chi connectivity index (χ2v) is 6.76. The van der Waals surface area contributed by atoms with Crippen molar-refractivity contribution in [2.75, 3.05) is 4.90 Å². The molecule has 0 aliphatic carbocycles. The molecule has 132 valence electrons. The number of fused-ring (bicyclic) bond motifs is 1. The van der Waals surface area contributed by atoms with Crippen molar-refractivity contribution in [1.29, 1.82) is 0 Å². The molecule has 4 rings (SSSR count). The first-order chi connectivity index (χ1) is 12.5. The van der Waals surface area contributed by atoms with Gasteiger partial charge in [-0.2, -0.15) is 5.11 Å². The molecule has 0 bridgehead atoms. The van der Waals surface area contributed by atoms with Crippen molar-refractivity contribution in [3.05, 3.63) is 63.9 Å². The average molecular weight is 393 g/mol. The summed E-state index contributed by atoms with van der Waals surface area (Å²) in [5.74, 6) is -1.33. The molecule has 2 amide bonds. The fraction of sp³-hybridized carbons (Fsp3) is 0.176. The van der Waals surface area contributed by atoms with E-state index in [1.807, 2.05) is 0 Å². The molecular weight excluding hydrogens is 382 g/mol. The van der Waals surface area contributed by atoms with Gasteiger partial charge in [-0.15, -0.1) is 0 Å². The molecule has 2 heterocycles. The number of nitrogens with zero attached hydrogens (tertiary/aromatic N) is 4. The third-order valence-electron chi connectivity index (χ3n) is 4.29. The summed E-state index contributed by atoms with van der Waals surface area (Å²) in [5, 5.41) is 10.0. The van der Waals surface area contributed by atoms with Crippen molar-refractivity contribution >= 4 is 40.7 Å². The minimum absolute atomic E-state index is 0.136. The van der Waals surface area contributed by atoms with Crippen molar-refractivity contribution in [1.82, 2.24) is 5.01 Å². The van der Waals surface area contributed by atoms with Gasteiger partial charge in [-0.25, -0.2) is 9.29 Å². The highest BCUT2D eigenvalue weighted by Gasteiger charge is 2.54. The van der Waals surface area contributed by atoms with Gasteiger partial charge in [0.1, 0.15) is 5.82 Å². The van der Waals surface area contributed by atoms with Crippen molar-refractivity contribution < 1.29 is 14.0 Å². The Bertz CT molecular complexity index is 935. The Morgan fingerprint density at radius 3 is 2.46 bits per heavy atom. The first kappa shape index (κ1) is 16.9. The summed E-state index contributed by atoms with van der Waals surface area (Å²) in [6, 6.07) is 8.60. The second kappa shape index (κ2) is 6.34. The summed E-state index contributed by atoms with van der Waals surface area (Å²) < 4.78 is 13.2. The van der Waals surface area contributed by atoms with Gasteiger partial charge in [0.2, 0.25) is 0 Å². The summed E-state index contributed by atoms with van der Waals surface area (Å²) in [5.41, 5.74) is 1.01. The van der Waals surface area contributed by atoms with Crippen LogP contribution in [0.2, 0.25) is 10.0 Å². The smallest absolute Gasteiger partial charge is 0.263 e. The quantitative estimate of drug-likeness (QED) is 0.749. The predicted molar refractivity (Wildman–Crippen MR) is 93.3 cm³/mol. The lowest BCUT2D eigenvalue weighted by atomic mass is 10.1. The van der Waals surface area contributed by atoms with E-state index in [9.17, 15) is 14.0 Å². The standard InChI is InChI=1S/C17H11Cl2FN4O2/c18-10-2-5-12(6-3-10)24-16(25)14-15(17(24)26)23(22-21-14)8-9-1-4-11(20)7-13(9)19/h1-7,14-15H,8H2/t14-,15+/m1/s1. The lowest BCUT2D eigenvalue weighted by Gasteiger charge is -2.21. The van der Waals surface area contributed by atoms with E-state index in [4.69, 9.17) is 23.2 Å². The number of halogens is 3. The summed E-state index contributed by atoms with van der Waals surface area (Å²) in [6.45, 7) is 0.136. The molecule has 0 unspecified atom stereocenters. The molecular formula is C17H11Cl2FN4O2. The largest absolute Gasteiger partial charge is 0.271 e. The van der Waals surface area contributed by atoms with E-state index in [1.165, 1.54) is 23.2 Å². The van der Waals surface area contributed by atoms with Crippen LogP contribution in [0.5, 0.6) is 0 Å². The number of carbonyl (C=O) groups excluding carboxylic acids is 2. The summed E-state index contributed by atoms with van der Waals surface area (Å²) >= 11 is 11.9. The topological polar surface area (TPSA) is 65.3 Å². The first-order valence-corrected chi connectivity index (χ1v) is 8.46. The molecule has 2 aromatic rings. The van der Waals surface area contributed by atoms with E-state index < -0.39 is 29.7 Å². The van der Waals surface area contributed by atoms with Gasteiger partial charge < -0.3 is 0 Å². The fourth-order valence-electron chi connectivity index (χ4n) is 3.02. The fourth-order valence-corrected chi connectivity index (χ4v) is 3.38. The molecule has 2 aromatic carbocycles. The van der Waals surface area contributed by atoms with Gasteiger partial charge in [-0.1, -0.05) is 34.5 Å². The number of carbonyl (C=O) groups is 2. The first-order valence-electron chi connectivity index (χ1n) is 7.70. The van der Waals surface area contributed by atoms with Gasteiger partial charge in [0.15, 0.2) is 12.1 Å². The van der Waals surface area contributed by atoms with Gasteiger partial charge in [-0.05, 0) is 42.0 Å². The van der Waals surface area contributed by atoms with Gasteiger partial charge in [0.05, 0.1) is 12.2 Å². The molecule has 6 nitrogen and oxygen atoms in total. The molecule has 2 aliphatic rings. The maximum Gasteiger partial charge on any atom is 0.263 e. The van der Waals surface area contributed by atoms with Crippen LogP contribution in [0.15, 0.2) is 52.8 Å². The van der Waals surface area contributed by atoms with E-state index in [1.54, 1.807) is 24.3 Å². The molecule has 2 aliphatic heterocycles. The Balaban J connectivity index is 1.61. The Morgan fingerprint density at radius 2 is 1.77 bits per heavy atom. The number of hydrogen-bond donors (Lipinski definition) is 0. The number of amides is 2. The maximum absolute atomic E-state index is 13.2. The van der Waals surface area contributed by atoms with Crippen LogP contribution in [-0.4, -0.2) is 28.9 Å². The zero-order valence-electron chi connectivity index (χ0n) is 13.1. The Hall–Kier alpha value is -2.51. The van der Waals surface area contributed by atoms with Crippen LogP contribution >= 0.6 is 23.2 Å². The number of rotatable bonds is 3.